The largest absolute Gasteiger partial charge is 0.392 e. The van der Waals surface area contributed by atoms with E-state index in [4.69, 9.17) is 5.11 Å². The first kappa shape index (κ1) is 32.6. The summed E-state index contributed by atoms with van der Waals surface area (Å²) in [5.74, 6) is 0. The van der Waals surface area contributed by atoms with E-state index in [-0.39, 0.29) is 6.61 Å². The van der Waals surface area contributed by atoms with Crippen molar-refractivity contribution in [3.8, 4) is 0 Å². The molecule has 0 aromatic heterocycles. The molecule has 0 saturated heterocycles. The summed E-state index contributed by atoms with van der Waals surface area (Å²) in [5, 5.41) is 8.72. The molecule has 0 aliphatic rings. The predicted molar refractivity (Wildman–Crippen MR) is 148 cm³/mol. The lowest BCUT2D eigenvalue weighted by atomic mass is 10.1. The molecular weight excluding hydrogens is 388 g/mol. The highest BCUT2D eigenvalue weighted by molar-refractivity contribution is 5.06. The third kappa shape index (κ3) is 26.4. The van der Waals surface area contributed by atoms with E-state index in [1.807, 2.05) is 6.08 Å². The van der Waals surface area contributed by atoms with Crippen LogP contribution in [0.25, 0.3) is 0 Å². The maximum atomic E-state index is 8.72. The average molecular weight is 443 g/mol. The molecule has 1 N–H and O–H groups in total. The minimum Gasteiger partial charge on any atom is -0.392 e. The molecule has 0 fully saturated rings. The maximum Gasteiger partial charge on any atom is 0.0614 e. The van der Waals surface area contributed by atoms with Gasteiger partial charge in [-0.05, 0) is 113 Å². The first-order valence-electron chi connectivity index (χ1n) is 12.6. The molecule has 0 bridgehead atoms. The summed E-state index contributed by atoms with van der Waals surface area (Å²) in [6.07, 6.45) is 23.9. The molecule has 0 aromatic rings. The van der Waals surface area contributed by atoms with E-state index in [0.29, 0.717) is 0 Å². The molecule has 0 heterocycles. The topological polar surface area (TPSA) is 20.2 Å². The minimum absolute atomic E-state index is 0.162. The van der Waals surface area contributed by atoms with Crippen molar-refractivity contribution in [2.24, 2.45) is 0 Å². The summed E-state index contributed by atoms with van der Waals surface area (Å²) >= 11 is 0. The van der Waals surface area contributed by atoms with Gasteiger partial charge in [-0.25, -0.2) is 0 Å². The van der Waals surface area contributed by atoms with E-state index >= 15 is 0 Å². The lowest BCUT2D eigenvalue weighted by molar-refractivity contribution is 0.341. The van der Waals surface area contributed by atoms with Crippen molar-refractivity contribution in [3.05, 3.63) is 69.9 Å². The van der Waals surface area contributed by atoms with Crippen molar-refractivity contribution in [2.45, 2.75) is 120 Å². The molecular formula is C31H54O. The molecule has 0 atom stereocenters. The number of hydrogen-bond acceptors (Lipinski definition) is 1. The molecule has 32 heavy (non-hydrogen) atoms. The molecule has 0 unspecified atom stereocenters. The van der Waals surface area contributed by atoms with Crippen LogP contribution in [0, 0.1) is 0 Å². The Kier molecular flexibility index (Phi) is 23.0. The third-order valence-corrected chi connectivity index (χ3v) is 5.24. The lowest BCUT2D eigenvalue weighted by Crippen LogP contribution is -1.82. The van der Waals surface area contributed by atoms with Crippen molar-refractivity contribution in [3.63, 3.8) is 0 Å². The van der Waals surface area contributed by atoms with E-state index < -0.39 is 0 Å². The molecule has 0 radical (unpaired) electrons. The van der Waals surface area contributed by atoms with Gasteiger partial charge in [0.05, 0.1) is 6.61 Å². The number of aliphatic hydroxyl groups is 1. The normalized spacial score (nSPS) is 12.8. The van der Waals surface area contributed by atoms with Gasteiger partial charge in [0.2, 0.25) is 0 Å². The molecule has 0 spiro atoms. The van der Waals surface area contributed by atoms with E-state index in [9.17, 15) is 0 Å². The second kappa shape index (κ2) is 22.6. The van der Waals surface area contributed by atoms with Crippen LogP contribution in [0.3, 0.4) is 0 Å². The standard InChI is InChI=1S/C16H28.C15H26O/c1-6-9-15(4)12-8-13-16(5)11-7-10-14(2)3;1-13(2)7-5-8-14(3)9-6-10-15(4)11-12-16/h9-10,13H,6-8,11-12H2,1-5H3;7,9,11,16H,5-6,8,10,12H2,1-4H3/b15-9+,16-13+;14-9+,15-11+. The van der Waals surface area contributed by atoms with Crippen LogP contribution >= 0.6 is 0 Å². The fraction of sp³-hybridized carbons (Fsp3) is 0.613. The van der Waals surface area contributed by atoms with Gasteiger partial charge in [0.1, 0.15) is 0 Å². The molecule has 0 amide bonds. The Bertz CT molecular complexity index is 584. The summed E-state index contributed by atoms with van der Waals surface area (Å²) in [6.45, 7) is 19.7. The van der Waals surface area contributed by atoms with Crippen molar-refractivity contribution >= 4 is 0 Å². The zero-order valence-electron chi connectivity index (χ0n) is 23.0. The van der Waals surface area contributed by atoms with Crippen molar-refractivity contribution in [1.29, 1.82) is 0 Å². The van der Waals surface area contributed by atoms with Gasteiger partial charge in [0, 0.05) is 0 Å². The van der Waals surface area contributed by atoms with Crippen molar-refractivity contribution < 1.29 is 5.11 Å². The van der Waals surface area contributed by atoms with E-state index in [2.05, 4.69) is 92.7 Å². The summed E-state index contributed by atoms with van der Waals surface area (Å²) in [5.41, 5.74) is 8.62. The van der Waals surface area contributed by atoms with Crippen LogP contribution in [-0.4, -0.2) is 11.7 Å². The molecule has 0 aliphatic carbocycles. The smallest absolute Gasteiger partial charge is 0.0614 e. The zero-order valence-corrected chi connectivity index (χ0v) is 23.0. The summed E-state index contributed by atoms with van der Waals surface area (Å²) in [6, 6.07) is 0. The van der Waals surface area contributed by atoms with Gasteiger partial charge >= 0.3 is 0 Å². The molecule has 0 aliphatic heterocycles. The fourth-order valence-electron chi connectivity index (χ4n) is 3.18. The quantitative estimate of drug-likeness (QED) is 0.265. The average Bonchev–Trinajstić information content (AvgIpc) is 2.68. The third-order valence-electron chi connectivity index (χ3n) is 5.24. The van der Waals surface area contributed by atoms with Crippen LogP contribution in [0.1, 0.15) is 120 Å². The van der Waals surface area contributed by atoms with Crippen LogP contribution in [0.2, 0.25) is 0 Å². The van der Waals surface area contributed by atoms with Crippen LogP contribution in [0.4, 0.5) is 0 Å². The molecule has 184 valence electrons. The Balaban J connectivity index is 0. The van der Waals surface area contributed by atoms with Gasteiger partial charge in [-0.15, -0.1) is 0 Å². The monoisotopic (exact) mass is 442 g/mol. The lowest BCUT2D eigenvalue weighted by Gasteiger charge is -2.00. The molecule has 0 aromatic carbocycles. The predicted octanol–water partition coefficient (Wildman–Crippen LogP) is 10.2. The van der Waals surface area contributed by atoms with Gasteiger partial charge in [0.25, 0.3) is 0 Å². The highest BCUT2D eigenvalue weighted by atomic mass is 16.2. The van der Waals surface area contributed by atoms with Gasteiger partial charge in [0.15, 0.2) is 0 Å². The Morgan fingerprint density at radius 1 is 0.469 bits per heavy atom. The molecule has 0 rings (SSSR count). The zero-order chi connectivity index (χ0) is 24.8. The summed E-state index contributed by atoms with van der Waals surface area (Å²) in [4.78, 5) is 0. The van der Waals surface area contributed by atoms with E-state index in [0.717, 1.165) is 32.1 Å². The Hall–Kier alpha value is -1.60. The van der Waals surface area contributed by atoms with Crippen LogP contribution < -0.4 is 0 Å². The SMILES string of the molecule is CC(C)=CCC/C(C)=C/CC/C(C)=C/CO.CC/C=C(\C)CC/C=C(\C)CCC=C(C)C. The molecule has 0 saturated carbocycles. The van der Waals surface area contributed by atoms with Crippen LogP contribution in [0.15, 0.2) is 69.9 Å². The fourth-order valence-corrected chi connectivity index (χ4v) is 3.18. The van der Waals surface area contributed by atoms with E-state index in [1.54, 1.807) is 0 Å². The number of aliphatic hydroxyl groups excluding tert-OH is 1. The van der Waals surface area contributed by atoms with Crippen molar-refractivity contribution in [2.75, 3.05) is 6.61 Å². The van der Waals surface area contributed by atoms with E-state index in [1.165, 1.54) is 59.1 Å². The first-order chi connectivity index (χ1) is 15.1. The Labute approximate surface area is 201 Å². The number of hydrogen-bond donors (Lipinski definition) is 1. The molecule has 1 heteroatoms. The van der Waals surface area contributed by atoms with Gasteiger partial charge < -0.3 is 5.11 Å². The second-order valence-electron chi connectivity index (χ2n) is 9.51. The Morgan fingerprint density at radius 2 is 0.781 bits per heavy atom. The minimum atomic E-state index is 0.162. The highest BCUT2D eigenvalue weighted by Crippen LogP contribution is 2.12. The molecule has 1 nitrogen and oxygen atoms in total. The summed E-state index contributed by atoms with van der Waals surface area (Å²) < 4.78 is 0. The van der Waals surface area contributed by atoms with Crippen LogP contribution in [-0.2, 0) is 0 Å². The number of allylic oxidation sites excluding steroid dienone is 11. The number of rotatable bonds is 14. The highest BCUT2D eigenvalue weighted by Gasteiger charge is 1.92. The van der Waals surface area contributed by atoms with Gasteiger partial charge in [-0.2, -0.15) is 0 Å². The second-order valence-corrected chi connectivity index (χ2v) is 9.51. The summed E-state index contributed by atoms with van der Waals surface area (Å²) in [7, 11) is 0. The van der Waals surface area contributed by atoms with Gasteiger partial charge in [-0.3, -0.25) is 0 Å². The Morgan fingerprint density at radius 3 is 1.09 bits per heavy atom. The van der Waals surface area contributed by atoms with Gasteiger partial charge in [-0.1, -0.05) is 76.8 Å². The first-order valence-corrected chi connectivity index (χ1v) is 12.6. The maximum absolute atomic E-state index is 8.72. The van der Waals surface area contributed by atoms with Crippen LogP contribution in [0.5, 0.6) is 0 Å². The van der Waals surface area contributed by atoms with Crippen molar-refractivity contribution in [1.82, 2.24) is 0 Å².